The summed E-state index contributed by atoms with van der Waals surface area (Å²) in [6.07, 6.45) is 32.3. The topological polar surface area (TPSA) is 31.9 Å². The smallest absolute Gasteiger partial charge is 0.137 e. The minimum Gasteiger partial charge on any atom is -0.343 e. The predicted octanol–water partition coefficient (Wildman–Crippen LogP) is 9.78. The first-order chi connectivity index (χ1) is 17.9. The van der Waals surface area contributed by atoms with Gasteiger partial charge in [-0.25, -0.2) is 4.98 Å². The van der Waals surface area contributed by atoms with Crippen molar-refractivity contribution in [1.82, 2.24) is 14.9 Å². The number of piperidine rings is 1. The molecular weight excluding hydrogens is 438 g/mol. The van der Waals surface area contributed by atoms with E-state index in [1.54, 1.807) is 0 Å². The lowest BCUT2D eigenvalue weighted by molar-refractivity contribution is 0.147. The minimum atomic E-state index is 0.641. The van der Waals surface area contributed by atoms with Crippen LogP contribution in [0.3, 0.4) is 0 Å². The van der Waals surface area contributed by atoms with Crippen LogP contribution in [0, 0.1) is 5.92 Å². The molecule has 2 aromatic heterocycles. The molecule has 3 atom stereocenters. The second-order valence-corrected chi connectivity index (χ2v) is 12.1. The van der Waals surface area contributed by atoms with Crippen molar-refractivity contribution in [2.75, 3.05) is 19.6 Å². The monoisotopic (exact) mass is 493 g/mol. The van der Waals surface area contributed by atoms with E-state index in [1.807, 2.05) is 6.20 Å². The van der Waals surface area contributed by atoms with Gasteiger partial charge in [-0.3, -0.25) is 0 Å². The Labute approximate surface area is 222 Å². The van der Waals surface area contributed by atoms with Crippen LogP contribution in [0.5, 0.6) is 0 Å². The molecule has 0 spiro atoms. The third-order valence-electron chi connectivity index (χ3n) is 9.20. The van der Waals surface area contributed by atoms with Gasteiger partial charge in [0.25, 0.3) is 0 Å². The fourth-order valence-corrected chi connectivity index (χ4v) is 6.89. The van der Waals surface area contributed by atoms with Gasteiger partial charge in [-0.15, -0.1) is 0 Å². The van der Waals surface area contributed by atoms with Crippen molar-refractivity contribution in [3.05, 3.63) is 30.1 Å². The molecular formula is C33H55N3. The van der Waals surface area contributed by atoms with Crippen LogP contribution in [0.2, 0.25) is 0 Å². The van der Waals surface area contributed by atoms with E-state index in [9.17, 15) is 0 Å². The van der Waals surface area contributed by atoms with Crippen molar-refractivity contribution >= 4 is 11.0 Å². The van der Waals surface area contributed by atoms with Crippen molar-refractivity contribution in [3.63, 3.8) is 0 Å². The molecule has 36 heavy (non-hydrogen) atoms. The third kappa shape index (κ3) is 9.51. The first kappa shape index (κ1) is 27.7. The zero-order valence-corrected chi connectivity index (χ0v) is 23.3. The largest absolute Gasteiger partial charge is 0.343 e. The van der Waals surface area contributed by atoms with E-state index in [4.69, 9.17) is 0 Å². The van der Waals surface area contributed by atoms with E-state index in [2.05, 4.69) is 33.1 Å². The second-order valence-electron chi connectivity index (χ2n) is 12.1. The van der Waals surface area contributed by atoms with Gasteiger partial charge < -0.3 is 9.88 Å². The third-order valence-corrected chi connectivity index (χ3v) is 9.20. The number of pyridine rings is 1. The molecule has 3 aliphatic rings. The number of nitrogens with zero attached hydrogens (tertiary/aromatic N) is 2. The van der Waals surface area contributed by atoms with Gasteiger partial charge in [0.15, 0.2) is 0 Å². The Kier molecular flexibility index (Phi) is 12.7. The Hall–Kier alpha value is -1.35. The molecule has 1 N–H and O–H groups in total. The van der Waals surface area contributed by atoms with E-state index in [1.165, 1.54) is 166 Å². The Morgan fingerprint density at radius 3 is 1.78 bits per heavy atom. The maximum absolute atomic E-state index is 4.59. The van der Waals surface area contributed by atoms with Crippen LogP contribution in [0.4, 0.5) is 0 Å². The first-order valence-corrected chi connectivity index (χ1v) is 16.1. The number of rotatable bonds is 1. The highest BCUT2D eigenvalue weighted by atomic mass is 15.1. The van der Waals surface area contributed by atoms with Crippen LogP contribution >= 0.6 is 0 Å². The summed E-state index contributed by atoms with van der Waals surface area (Å²) < 4.78 is 0. The lowest BCUT2D eigenvalue weighted by atomic mass is 9.80. The number of nitrogens with one attached hydrogen (secondary N) is 1. The molecule has 2 bridgehead atoms. The van der Waals surface area contributed by atoms with Gasteiger partial charge >= 0.3 is 0 Å². The Morgan fingerprint density at radius 2 is 1.19 bits per heavy atom. The van der Waals surface area contributed by atoms with Gasteiger partial charge in [0.1, 0.15) is 5.65 Å². The predicted molar refractivity (Wildman–Crippen MR) is 156 cm³/mol. The van der Waals surface area contributed by atoms with Crippen LogP contribution in [-0.4, -0.2) is 34.5 Å². The fourth-order valence-electron chi connectivity index (χ4n) is 6.89. The maximum Gasteiger partial charge on any atom is 0.137 e. The van der Waals surface area contributed by atoms with E-state index >= 15 is 0 Å². The average molecular weight is 494 g/mol. The number of hydrogen-bond donors (Lipinski definition) is 1. The van der Waals surface area contributed by atoms with Gasteiger partial charge in [-0.05, 0) is 56.5 Å². The van der Waals surface area contributed by atoms with Crippen LogP contribution in [-0.2, 0) is 0 Å². The summed E-state index contributed by atoms with van der Waals surface area (Å²) in [5.41, 5.74) is 2.51. The molecule has 0 saturated carbocycles. The summed E-state index contributed by atoms with van der Waals surface area (Å²) in [7, 11) is 0. The summed E-state index contributed by atoms with van der Waals surface area (Å²) in [4.78, 5) is 11.1. The molecule has 3 heteroatoms. The number of aromatic nitrogens is 2. The van der Waals surface area contributed by atoms with Crippen molar-refractivity contribution in [2.24, 2.45) is 5.92 Å². The van der Waals surface area contributed by atoms with Crippen LogP contribution in [0.15, 0.2) is 24.4 Å². The van der Waals surface area contributed by atoms with Crippen LogP contribution in [0.1, 0.15) is 146 Å². The number of fused-ring (bicyclic) bond motifs is 23. The normalized spacial score (nSPS) is 27.8. The first-order valence-electron chi connectivity index (χ1n) is 16.1. The van der Waals surface area contributed by atoms with Gasteiger partial charge in [-0.1, -0.05) is 116 Å². The molecule has 0 aliphatic carbocycles. The lowest BCUT2D eigenvalue weighted by Gasteiger charge is -2.38. The van der Waals surface area contributed by atoms with Gasteiger partial charge in [0, 0.05) is 29.7 Å². The summed E-state index contributed by atoms with van der Waals surface area (Å²) in [5.74, 6) is 1.46. The van der Waals surface area contributed by atoms with E-state index in [0.717, 1.165) is 11.6 Å². The highest BCUT2D eigenvalue weighted by Gasteiger charge is 2.31. The summed E-state index contributed by atoms with van der Waals surface area (Å²) in [6.45, 7) is 3.83. The number of H-pyrrole nitrogens is 1. The summed E-state index contributed by atoms with van der Waals surface area (Å²) in [6, 6.07) is 6.68. The molecule has 2 aromatic rings. The zero-order valence-electron chi connectivity index (χ0n) is 23.3. The molecule has 202 valence electrons. The molecule has 5 rings (SSSR count). The van der Waals surface area contributed by atoms with Gasteiger partial charge in [0.2, 0.25) is 0 Å². The Balaban J connectivity index is 1.29. The average Bonchev–Trinajstić information content (AvgIpc) is 3.34. The summed E-state index contributed by atoms with van der Waals surface area (Å²) >= 11 is 0. The molecule has 0 radical (unpaired) electrons. The fraction of sp³-hybridized carbons (Fsp3) is 0.788. The quantitative estimate of drug-likeness (QED) is 0.428. The number of hydrogen-bond acceptors (Lipinski definition) is 2. The van der Waals surface area contributed by atoms with Crippen molar-refractivity contribution in [1.29, 1.82) is 0 Å². The minimum absolute atomic E-state index is 0.641. The SMILES string of the molecule is c1cnc2[nH]c(C3CN4CCCCCCCCCCCCCCCCCCCCCC3CC4)cc2c1. The van der Waals surface area contributed by atoms with Crippen molar-refractivity contribution in [2.45, 2.75) is 141 Å². The maximum atomic E-state index is 4.59. The molecule has 3 aliphatic heterocycles. The van der Waals surface area contributed by atoms with Gasteiger partial charge in [0.05, 0.1) is 0 Å². The van der Waals surface area contributed by atoms with E-state index in [0.29, 0.717) is 5.92 Å². The zero-order chi connectivity index (χ0) is 24.7. The molecule has 3 fully saturated rings. The number of aromatic amines is 1. The Bertz CT molecular complexity index is 790. The lowest BCUT2D eigenvalue weighted by Crippen LogP contribution is -2.40. The molecule has 3 nitrogen and oxygen atoms in total. The summed E-state index contributed by atoms with van der Waals surface area (Å²) in [5, 5.41) is 1.28. The van der Waals surface area contributed by atoms with Crippen molar-refractivity contribution in [3.8, 4) is 0 Å². The van der Waals surface area contributed by atoms with E-state index < -0.39 is 0 Å². The van der Waals surface area contributed by atoms with Gasteiger partial charge in [-0.2, -0.15) is 0 Å². The van der Waals surface area contributed by atoms with E-state index in [-0.39, 0.29) is 0 Å². The van der Waals surface area contributed by atoms with Crippen LogP contribution in [0.25, 0.3) is 11.0 Å². The van der Waals surface area contributed by atoms with Crippen molar-refractivity contribution < 1.29 is 0 Å². The molecule has 0 aromatic carbocycles. The molecule has 5 heterocycles. The molecule has 3 saturated heterocycles. The van der Waals surface area contributed by atoms with Crippen LogP contribution < -0.4 is 0 Å². The highest BCUT2D eigenvalue weighted by Crippen LogP contribution is 2.36. The highest BCUT2D eigenvalue weighted by molar-refractivity contribution is 5.76. The second kappa shape index (κ2) is 16.5. The Morgan fingerprint density at radius 1 is 0.639 bits per heavy atom. The molecule has 3 unspecified atom stereocenters. The standard InChI is InChI=1S/C33H55N3/c1-2-4-6-8-10-12-14-16-18-21-29-23-26-36(25-19-17-15-13-11-9-7-5-3-1)28-31(29)32-27-30-22-20-24-34-33(30)35-32/h20,22,24,27,29,31H,1-19,21,23,25-26,28H2,(H,34,35). The molecule has 0 amide bonds.